The molecule has 4 heteroatoms. The molecule has 0 aliphatic rings. The molecule has 0 unspecified atom stereocenters. The van der Waals surface area contributed by atoms with Crippen LogP contribution in [0.1, 0.15) is 24.2 Å². The smallest absolute Gasteiger partial charge is 0.251 e. The first-order valence-corrected chi connectivity index (χ1v) is 7.05. The van der Waals surface area contributed by atoms with Gasteiger partial charge in [-0.05, 0) is 38.3 Å². The van der Waals surface area contributed by atoms with Crippen molar-refractivity contribution in [2.24, 2.45) is 0 Å². The largest absolute Gasteiger partial charge is 0.351 e. The van der Waals surface area contributed by atoms with Gasteiger partial charge in [0.2, 0.25) is 0 Å². The van der Waals surface area contributed by atoms with Crippen molar-refractivity contribution in [2.45, 2.75) is 18.6 Å². The van der Waals surface area contributed by atoms with Crippen molar-refractivity contribution in [3.05, 3.63) is 34.3 Å². The summed E-state index contributed by atoms with van der Waals surface area (Å²) in [6, 6.07) is 7.40. The Morgan fingerprint density at radius 2 is 2.19 bits per heavy atom. The van der Waals surface area contributed by atoms with Crippen LogP contribution in [0.25, 0.3) is 0 Å². The molecule has 0 heterocycles. The molecule has 0 bridgehead atoms. The van der Waals surface area contributed by atoms with Crippen LogP contribution in [0.3, 0.4) is 0 Å². The summed E-state index contributed by atoms with van der Waals surface area (Å²) in [5, 5.41) is 2.94. The number of rotatable bonds is 4. The van der Waals surface area contributed by atoms with Crippen LogP contribution in [0, 0.1) is 0 Å². The summed E-state index contributed by atoms with van der Waals surface area (Å²) in [7, 11) is 0. The summed E-state index contributed by atoms with van der Waals surface area (Å²) in [4.78, 5) is 11.8. The van der Waals surface area contributed by atoms with Crippen molar-refractivity contribution in [1.29, 1.82) is 0 Å². The minimum atomic E-state index is -0.0246. The van der Waals surface area contributed by atoms with Crippen LogP contribution in [0.5, 0.6) is 0 Å². The highest BCUT2D eigenvalue weighted by Gasteiger charge is 2.17. The van der Waals surface area contributed by atoms with Gasteiger partial charge in [0, 0.05) is 21.3 Å². The van der Waals surface area contributed by atoms with Crippen LogP contribution in [-0.4, -0.2) is 23.5 Å². The molecule has 0 fully saturated rings. The molecular formula is C12H16BrNOS. The van der Waals surface area contributed by atoms with Crippen molar-refractivity contribution in [2.75, 3.05) is 12.8 Å². The maximum Gasteiger partial charge on any atom is 0.251 e. The lowest BCUT2D eigenvalue weighted by molar-refractivity contribution is 0.0951. The SMILES string of the molecule is CSC(C)(C)CNC(=O)c1cccc(Br)c1. The maximum atomic E-state index is 11.8. The van der Waals surface area contributed by atoms with Gasteiger partial charge in [-0.3, -0.25) is 4.79 Å². The van der Waals surface area contributed by atoms with E-state index in [2.05, 4.69) is 35.1 Å². The van der Waals surface area contributed by atoms with E-state index in [9.17, 15) is 4.79 Å². The lowest BCUT2D eigenvalue weighted by Gasteiger charge is -2.22. The van der Waals surface area contributed by atoms with Crippen molar-refractivity contribution < 1.29 is 4.79 Å². The molecule has 0 aliphatic carbocycles. The molecule has 1 aromatic rings. The van der Waals surface area contributed by atoms with E-state index in [1.54, 1.807) is 11.8 Å². The summed E-state index contributed by atoms with van der Waals surface area (Å²) in [6.07, 6.45) is 2.05. The van der Waals surface area contributed by atoms with Gasteiger partial charge in [0.25, 0.3) is 5.91 Å². The number of benzene rings is 1. The summed E-state index contributed by atoms with van der Waals surface area (Å²) in [5.41, 5.74) is 0.686. The summed E-state index contributed by atoms with van der Waals surface area (Å²) in [6.45, 7) is 4.89. The zero-order chi connectivity index (χ0) is 12.2. The fraction of sp³-hybridized carbons (Fsp3) is 0.417. The van der Waals surface area contributed by atoms with Gasteiger partial charge < -0.3 is 5.32 Å². The van der Waals surface area contributed by atoms with E-state index in [-0.39, 0.29) is 10.7 Å². The lowest BCUT2D eigenvalue weighted by atomic mass is 10.2. The first-order chi connectivity index (χ1) is 7.44. The van der Waals surface area contributed by atoms with E-state index in [0.717, 1.165) is 4.47 Å². The van der Waals surface area contributed by atoms with Gasteiger partial charge in [0.15, 0.2) is 0 Å². The minimum absolute atomic E-state index is 0.0246. The Labute approximate surface area is 109 Å². The average molecular weight is 302 g/mol. The number of amides is 1. The van der Waals surface area contributed by atoms with Crippen LogP contribution < -0.4 is 5.32 Å². The number of hydrogen-bond acceptors (Lipinski definition) is 2. The Kier molecular flexibility index (Phi) is 4.87. The van der Waals surface area contributed by atoms with Crippen LogP contribution >= 0.6 is 27.7 Å². The molecule has 0 spiro atoms. The van der Waals surface area contributed by atoms with Gasteiger partial charge in [0.1, 0.15) is 0 Å². The molecule has 1 aromatic carbocycles. The van der Waals surface area contributed by atoms with E-state index < -0.39 is 0 Å². The standard InChI is InChI=1S/C12H16BrNOS/c1-12(2,16-3)8-14-11(15)9-5-4-6-10(13)7-9/h4-7H,8H2,1-3H3,(H,14,15). The van der Waals surface area contributed by atoms with Crippen LogP contribution in [0.4, 0.5) is 0 Å². The summed E-state index contributed by atoms with van der Waals surface area (Å²) in [5.74, 6) is -0.0246. The van der Waals surface area contributed by atoms with Crippen LogP contribution in [0.15, 0.2) is 28.7 Å². The maximum absolute atomic E-state index is 11.8. The summed E-state index contributed by atoms with van der Waals surface area (Å²) >= 11 is 5.09. The average Bonchev–Trinajstić information content (AvgIpc) is 2.26. The molecule has 0 saturated heterocycles. The van der Waals surface area contributed by atoms with Gasteiger partial charge >= 0.3 is 0 Å². The normalized spacial score (nSPS) is 11.2. The zero-order valence-corrected chi connectivity index (χ0v) is 12.1. The van der Waals surface area contributed by atoms with Gasteiger partial charge in [-0.1, -0.05) is 22.0 Å². The molecule has 0 aromatic heterocycles. The Bertz CT molecular complexity index is 379. The predicted molar refractivity (Wildman–Crippen MR) is 74.1 cm³/mol. The Morgan fingerprint density at radius 1 is 1.50 bits per heavy atom. The Morgan fingerprint density at radius 3 is 2.75 bits per heavy atom. The van der Waals surface area contributed by atoms with Crippen molar-refractivity contribution >= 4 is 33.6 Å². The monoisotopic (exact) mass is 301 g/mol. The first kappa shape index (κ1) is 13.6. The topological polar surface area (TPSA) is 29.1 Å². The quantitative estimate of drug-likeness (QED) is 0.924. The predicted octanol–water partition coefficient (Wildman–Crippen LogP) is 3.32. The van der Waals surface area contributed by atoms with Crippen molar-refractivity contribution in [1.82, 2.24) is 5.32 Å². The molecule has 0 saturated carbocycles. The number of hydrogen-bond donors (Lipinski definition) is 1. The number of halogens is 1. The molecule has 1 rings (SSSR count). The van der Waals surface area contributed by atoms with Gasteiger partial charge in [-0.15, -0.1) is 0 Å². The highest BCUT2D eigenvalue weighted by molar-refractivity contribution is 9.10. The third-order valence-corrected chi connectivity index (χ3v) is 4.06. The minimum Gasteiger partial charge on any atom is -0.351 e. The van der Waals surface area contributed by atoms with E-state index >= 15 is 0 Å². The molecule has 1 amide bonds. The highest BCUT2D eigenvalue weighted by Crippen LogP contribution is 2.19. The van der Waals surface area contributed by atoms with E-state index in [0.29, 0.717) is 12.1 Å². The molecule has 1 N–H and O–H groups in total. The Hall–Kier alpha value is -0.480. The lowest BCUT2D eigenvalue weighted by Crippen LogP contribution is -2.36. The third kappa shape index (κ3) is 4.18. The van der Waals surface area contributed by atoms with Crippen molar-refractivity contribution in [3.63, 3.8) is 0 Å². The van der Waals surface area contributed by atoms with Crippen molar-refractivity contribution in [3.8, 4) is 0 Å². The second kappa shape index (κ2) is 5.73. The molecule has 0 radical (unpaired) electrons. The number of nitrogens with one attached hydrogen (secondary N) is 1. The zero-order valence-electron chi connectivity index (χ0n) is 9.71. The van der Waals surface area contributed by atoms with Crippen LogP contribution in [-0.2, 0) is 0 Å². The van der Waals surface area contributed by atoms with E-state index in [1.807, 2.05) is 30.5 Å². The molecule has 88 valence electrons. The molecular weight excluding hydrogens is 286 g/mol. The number of thioether (sulfide) groups is 1. The van der Waals surface area contributed by atoms with Gasteiger partial charge in [0.05, 0.1) is 0 Å². The highest BCUT2D eigenvalue weighted by atomic mass is 79.9. The van der Waals surface area contributed by atoms with Crippen LogP contribution in [0.2, 0.25) is 0 Å². The molecule has 2 nitrogen and oxygen atoms in total. The van der Waals surface area contributed by atoms with E-state index in [1.165, 1.54) is 0 Å². The fourth-order valence-corrected chi connectivity index (χ4v) is 1.71. The van der Waals surface area contributed by atoms with E-state index in [4.69, 9.17) is 0 Å². The van der Waals surface area contributed by atoms with Gasteiger partial charge in [-0.25, -0.2) is 0 Å². The fourth-order valence-electron chi connectivity index (χ4n) is 1.10. The van der Waals surface area contributed by atoms with Gasteiger partial charge in [-0.2, -0.15) is 11.8 Å². The first-order valence-electron chi connectivity index (χ1n) is 5.03. The third-order valence-electron chi connectivity index (χ3n) is 2.31. The second-order valence-electron chi connectivity index (χ2n) is 4.16. The number of carbonyl (C=O) groups excluding carboxylic acids is 1. The Balaban J connectivity index is 2.60. The molecule has 0 aliphatic heterocycles. The number of carbonyl (C=O) groups is 1. The molecule has 0 atom stereocenters. The second-order valence-corrected chi connectivity index (χ2v) is 6.59. The summed E-state index contributed by atoms with van der Waals surface area (Å²) < 4.78 is 0.992. The molecule has 16 heavy (non-hydrogen) atoms.